The average Bonchev–Trinajstić information content (AvgIpc) is 2.44. The van der Waals surface area contributed by atoms with Crippen molar-refractivity contribution in [2.24, 2.45) is 0 Å². The van der Waals surface area contributed by atoms with E-state index in [1.54, 1.807) is 6.07 Å². The molecule has 0 aliphatic rings. The molecular formula is C17H24O4. The van der Waals surface area contributed by atoms with Gasteiger partial charge in [0.1, 0.15) is 5.75 Å². The van der Waals surface area contributed by atoms with E-state index in [1.807, 2.05) is 32.0 Å². The van der Waals surface area contributed by atoms with Gasteiger partial charge in [-0.3, -0.25) is 9.59 Å². The largest absolute Gasteiger partial charge is 0.466 e. The number of hydrogen-bond donors (Lipinski definition) is 0. The third kappa shape index (κ3) is 8.12. The van der Waals surface area contributed by atoms with E-state index in [4.69, 9.17) is 9.47 Å². The summed E-state index contributed by atoms with van der Waals surface area (Å²) < 4.78 is 10.3. The Hall–Kier alpha value is -1.84. The molecule has 0 radical (unpaired) electrons. The van der Waals surface area contributed by atoms with Crippen LogP contribution < -0.4 is 4.74 Å². The van der Waals surface area contributed by atoms with Crippen molar-refractivity contribution >= 4 is 11.9 Å². The molecule has 0 atom stereocenters. The van der Waals surface area contributed by atoms with Gasteiger partial charge in [0.15, 0.2) is 0 Å². The Morgan fingerprint density at radius 1 is 1.05 bits per heavy atom. The number of hydrogen-bond acceptors (Lipinski definition) is 4. The van der Waals surface area contributed by atoms with Crippen molar-refractivity contribution in [3.63, 3.8) is 0 Å². The van der Waals surface area contributed by atoms with Crippen molar-refractivity contribution in [1.29, 1.82) is 0 Å². The Balaban J connectivity index is 2.12. The first-order chi connectivity index (χ1) is 10.1. The molecule has 0 fully saturated rings. The van der Waals surface area contributed by atoms with Crippen LogP contribution in [-0.4, -0.2) is 18.5 Å². The average molecular weight is 292 g/mol. The molecule has 0 amide bonds. The van der Waals surface area contributed by atoms with Crippen molar-refractivity contribution in [1.82, 2.24) is 0 Å². The van der Waals surface area contributed by atoms with Gasteiger partial charge in [0.05, 0.1) is 6.61 Å². The van der Waals surface area contributed by atoms with Crippen molar-refractivity contribution in [2.45, 2.75) is 52.4 Å². The SMILES string of the molecule is CCCCOC(=O)CCCCC(=O)Oc1cccc(C)c1. The van der Waals surface area contributed by atoms with E-state index in [-0.39, 0.29) is 11.9 Å². The molecule has 1 rings (SSSR count). The summed E-state index contributed by atoms with van der Waals surface area (Å²) in [5.74, 6) is 0.120. The molecule has 0 bridgehead atoms. The van der Waals surface area contributed by atoms with Gasteiger partial charge in [-0.05, 0) is 43.9 Å². The van der Waals surface area contributed by atoms with Crippen LogP contribution in [0.4, 0.5) is 0 Å². The van der Waals surface area contributed by atoms with Crippen LogP contribution in [0.15, 0.2) is 24.3 Å². The summed E-state index contributed by atoms with van der Waals surface area (Å²) in [5.41, 5.74) is 1.05. The number of unbranched alkanes of at least 4 members (excludes halogenated alkanes) is 2. The molecule has 0 saturated heterocycles. The smallest absolute Gasteiger partial charge is 0.311 e. The Morgan fingerprint density at radius 2 is 1.76 bits per heavy atom. The predicted molar refractivity (Wildman–Crippen MR) is 81.1 cm³/mol. The zero-order chi connectivity index (χ0) is 15.5. The first-order valence-electron chi connectivity index (χ1n) is 7.54. The maximum Gasteiger partial charge on any atom is 0.311 e. The zero-order valence-electron chi connectivity index (χ0n) is 12.9. The highest BCUT2D eigenvalue weighted by Crippen LogP contribution is 2.14. The van der Waals surface area contributed by atoms with Gasteiger partial charge in [-0.1, -0.05) is 25.5 Å². The molecule has 0 spiro atoms. The number of carbonyl (C=O) groups is 2. The normalized spacial score (nSPS) is 10.2. The Labute approximate surface area is 126 Å². The van der Waals surface area contributed by atoms with E-state index in [1.165, 1.54) is 0 Å². The van der Waals surface area contributed by atoms with E-state index in [0.717, 1.165) is 18.4 Å². The quantitative estimate of drug-likeness (QED) is 0.394. The lowest BCUT2D eigenvalue weighted by atomic mass is 10.2. The summed E-state index contributed by atoms with van der Waals surface area (Å²) in [6, 6.07) is 7.38. The zero-order valence-corrected chi connectivity index (χ0v) is 12.9. The van der Waals surface area contributed by atoms with Crippen molar-refractivity contribution in [2.75, 3.05) is 6.61 Å². The first kappa shape index (κ1) is 17.2. The van der Waals surface area contributed by atoms with Gasteiger partial charge >= 0.3 is 11.9 Å². The number of benzene rings is 1. The van der Waals surface area contributed by atoms with Crippen molar-refractivity contribution in [3.05, 3.63) is 29.8 Å². The van der Waals surface area contributed by atoms with E-state index in [0.29, 0.717) is 38.0 Å². The van der Waals surface area contributed by atoms with Crippen LogP contribution in [0.25, 0.3) is 0 Å². The van der Waals surface area contributed by atoms with Crippen LogP contribution in [0.5, 0.6) is 5.75 Å². The predicted octanol–water partition coefficient (Wildman–Crippen LogP) is 3.80. The molecule has 4 nitrogen and oxygen atoms in total. The second-order valence-corrected chi connectivity index (χ2v) is 5.07. The van der Waals surface area contributed by atoms with Gasteiger partial charge in [-0.25, -0.2) is 0 Å². The summed E-state index contributed by atoms with van der Waals surface area (Å²) in [5, 5.41) is 0. The third-order valence-electron chi connectivity index (χ3n) is 2.99. The molecule has 0 aliphatic heterocycles. The highest BCUT2D eigenvalue weighted by Gasteiger charge is 2.07. The molecule has 21 heavy (non-hydrogen) atoms. The van der Waals surface area contributed by atoms with Gasteiger partial charge in [0, 0.05) is 12.8 Å². The molecule has 0 saturated carbocycles. The fraction of sp³-hybridized carbons (Fsp3) is 0.529. The Morgan fingerprint density at radius 3 is 2.43 bits per heavy atom. The summed E-state index contributed by atoms with van der Waals surface area (Å²) in [7, 11) is 0. The minimum atomic E-state index is -0.264. The van der Waals surface area contributed by atoms with Crippen LogP contribution in [0.2, 0.25) is 0 Å². The second kappa shape index (κ2) is 9.97. The van der Waals surface area contributed by atoms with Gasteiger partial charge in [-0.2, -0.15) is 0 Å². The van der Waals surface area contributed by atoms with Crippen molar-refractivity contribution in [3.8, 4) is 5.75 Å². The standard InChI is InChI=1S/C17H24O4/c1-3-4-12-20-16(18)10-5-6-11-17(19)21-15-9-7-8-14(2)13-15/h7-9,13H,3-6,10-12H2,1-2H3. The lowest BCUT2D eigenvalue weighted by molar-refractivity contribution is -0.144. The molecule has 0 N–H and O–H groups in total. The molecule has 1 aromatic rings. The van der Waals surface area contributed by atoms with Gasteiger partial charge in [0.25, 0.3) is 0 Å². The fourth-order valence-corrected chi connectivity index (χ4v) is 1.80. The van der Waals surface area contributed by atoms with Crippen LogP contribution in [-0.2, 0) is 14.3 Å². The molecule has 1 aromatic carbocycles. The second-order valence-electron chi connectivity index (χ2n) is 5.07. The summed E-state index contributed by atoms with van der Waals surface area (Å²) >= 11 is 0. The molecule has 0 heterocycles. The van der Waals surface area contributed by atoms with Crippen LogP contribution in [0, 0.1) is 6.92 Å². The Kier molecular flexibility index (Phi) is 8.17. The molecule has 116 valence electrons. The van der Waals surface area contributed by atoms with Crippen LogP contribution in [0.1, 0.15) is 51.0 Å². The maximum absolute atomic E-state index is 11.6. The van der Waals surface area contributed by atoms with E-state index >= 15 is 0 Å². The van der Waals surface area contributed by atoms with E-state index < -0.39 is 0 Å². The summed E-state index contributed by atoms with van der Waals surface area (Å²) in [4.78, 5) is 23.0. The lowest BCUT2D eigenvalue weighted by Crippen LogP contribution is -2.09. The van der Waals surface area contributed by atoms with Gasteiger partial charge in [0.2, 0.25) is 0 Å². The molecule has 0 aliphatic carbocycles. The lowest BCUT2D eigenvalue weighted by Gasteiger charge is -2.05. The number of rotatable bonds is 9. The minimum Gasteiger partial charge on any atom is -0.466 e. The molecular weight excluding hydrogens is 268 g/mol. The van der Waals surface area contributed by atoms with Crippen LogP contribution in [0.3, 0.4) is 0 Å². The molecule has 0 aromatic heterocycles. The van der Waals surface area contributed by atoms with Gasteiger partial charge in [-0.15, -0.1) is 0 Å². The number of aryl methyl sites for hydroxylation is 1. The molecule has 0 unspecified atom stereocenters. The highest BCUT2D eigenvalue weighted by atomic mass is 16.5. The monoisotopic (exact) mass is 292 g/mol. The Bertz CT molecular complexity index is 454. The van der Waals surface area contributed by atoms with E-state index in [2.05, 4.69) is 0 Å². The molecule has 4 heteroatoms. The van der Waals surface area contributed by atoms with Gasteiger partial charge < -0.3 is 9.47 Å². The summed E-state index contributed by atoms with van der Waals surface area (Å²) in [6.45, 7) is 4.49. The van der Waals surface area contributed by atoms with Crippen molar-refractivity contribution < 1.29 is 19.1 Å². The highest BCUT2D eigenvalue weighted by molar-refractivity contribution is 5.72. The summed E-state index contributed by atoms with van der Waals surface area (Å²) in [6.07, 6.45) is 3.87. The maximum atomic E-state index is 11.6. The minimum absolute atomic E-state index is 0.185. The topological polar surface area (TPSA) is 52.6 Å². The first-order valence-corrected chi connectivity index (χ1v) is 7.54. The van der Waals surface area contributed by atoms with Crippen LogP contribution >= 0.6 is 0 Å². The third-order valence-corrected chi connectivity index (χ3v) is 2.99. The number of esters is 2. The number of carbonyl (C=O) groups excluding carboxylic acids is 2. The van der Waals surface area contributed by atoms with E-state index in [9.17, 15) is 9.59 Å². The fourth-order valence-electron chi connectivity index (χ4n) is 1.80. The number of ether oxygens (including phenoxy) is 2.